The first kappa shape index (κ1) is 11.7. The molecule has 0 amide bonds. The van der Waals surface area contributed by atoms with Crippen molar-refractivity contribution >= 4 is 5.78 Å². The minimum atomic E-state index is 0.355. The van der Waals surface area contributed by atoms with Crippen molar-refractivity contribution in [1.29, 1.82) is 0 Å². The second kappa shape index (κ2) is 6.96. The molecule has 1 aliphatic rings. The Morgan fingerprint density at radius 3 is 2.79 bits per heavy atom. The summed E-state index contributed by atoms with van der Waals surface area (Å²) >= 11 is 0. The van der Waals surface area contributed by atoms with Gasteiger partial charge in [0.15, 0.2) is 0 Å². The van der Waals surface area contributed by atoms with Crippen LogP contribution in [0.4, 0.5) is 0 Å². The first-order valence-electron chi connectivity index (χ1n) is 5.54. The maximum absolute atomic E-state index is 11.5. The smallest absolute Gasteiger partial charge is 0.146 e. The molecule has 0 aromatic rings. The van der Waals surface area contributed by atoms with Crippen molar-refractivity contribution in [2.45, 2.75) is 32.1 Å². The predicted molar refractivity (Wildman–Crippen MR) is 56.3 cm³/mol. The van der Waals surface area contributed by atoms with E-state index in [2.05, 4.69) is 5.32 Å². The molecule has 1 N–H and O–H groups in total. The lowest BCUT2D eigenvalue weighted by molar-refractivity contribution is -0.119. The Morgan fingerprint density at radius 2 is 2.14 bits per heavy atom. The van der Waals surface area contributed by atoms with Crippen LogP contribution in [0.25, 0.3) is 0 Å². The van der Waals surface area contributed by atoms with Gasteiger partial charge < -0.3 is 10.1 Å². The fourth-order valence-electron chi connectivity index (χ4n) is 2.01. The maximum atomic E-state index is 11.5. The van der Waals surface area contributed by atoms with Crippen molar-refractivity contribution in [2.75, 3.05) is 26.8 Å². The summed E-state index contributed by atoms with van der Waals surface area (Å²) in [6, 6.07) is 0. The van der Waals surface area contributed by atoms with Gasteiger partial charge in [-0.1, -0.05) is 25.7 Å². The van der Waals surface area contributed by atoms with Crippen molar-refractivity contribution in [2.24, 2.45) is 5.92 Å². The minimum absolute atomic E-state index is 0.355. The number of carbonyl (C=O) groups excluding carboxylic acids is 1. The summed E-state index contributed by atoms with van der Waals surface area (Å²) in [5.74, 6) is 1.03. The molecule has 0 spiro atoms. The molecule has 82 valence electrons. The minimum Gasteiger partial charge on any atom is -0.383 e. The van der Waals surface area contributed by atoms with Crippen molar-refractivity contribution < 1.29 is 9.53 Å². The first-order chi connectivity index (χ1) is 6.83. The monoisotopic (exact) mass is 199 g/mol. The summed E-state index contributed by atoms with van der Waals surface area (Å²) < 4.78 is 4.88. The molecule has 1 aliphatic carbocycles. The van der Waals surface area contributed by atoms with E-state index in [-0.39, 0.29) is 0 Å². The van der Waals surface area contributed by atoms with Crippen molar-refractivity contribution in [3.8, 4) is 0 Å². The summed E-state index contributed by atoms with van der Waals surface area (Å²) in [7, 11) is 1.67. The Kier molecular flexibility index (Phi) is 5.80. The highest BCUT2D eigenvalue weighted by Crippen LogP contribution is 2.27. The van der Waals surface area contributed by atoms with Gasteiger partial charge in [-0.15, -0.1) is 0 Å². The van der Waals surface area contributed by atoms with Gasteiger partial charge in [0, 0.05) is 20.1 Å². The summed E-state index contributed by atoms with van der Waals surface area (Å²) in [5, 5.41) is 3.09. The van der Waals surface area contributed by atoms with Gasteiger partial charge in [0.25, 0.3) is 0 Å². The number of ketones is 1. The van der Waals surface area contributed by atoms with Gasteiger partial charge in [0.05, 0.1) is 13.2 Å². The van der Waals surface area contributed by atoms with Crippen LogP contribution in [0.3, 0.4) is 0 Å². The van der Waals surface area contributed by atoms with Crippen molar-refractivity contribution in [1.82, 2.24) is 5.32 Å². The van der Waals surface area contributed by atoms with Gasteiger partial charge in [-0.2, -0.15) is 0 Å². The van der Waals surface area contributed by atoms with Gasteiger partial charge in [-0.3, -0.25) is 4.79 Å². The van der Waals surface area contributed by atoms with E-state index in [4.69, 9.17) is 4.74 Å². The van der Waals surface area contributed by atoms with Crippen LogP contribution >= 0.6 is 0 Å². The van der Waals surface area contributed by atoms with Crippen LogP contribution in [0.5, 0.6) is 0 Å². The number of hydrogen-bond donors (Lipinski definition) is 1. The van der Waals surface area contributed by atoms with Gasteiger partial charge in [-0.25, -0.2) is 0 Å². The van der Waals surface area contributed by atoms with Crippen LogP contribution in [0.15, 0.2) is 0 Å². The molecule has 1 fully saturated rings. The molecular weight excluding hydrogens is 178 g/mol. The number of Topliss-reactive ketones (excluding diaryl/α,β-unsaturated/α-hetero) is 1. The van der Waals surface area contributed by atoms with Crippen LogP contribution in [0.2, 0.25) is 0 Å². The van der Waals surface area contributed by atoms with E-state index in [9.17, 15) is 4.79 Å². The number of carbonyl (C=O) groups is 1. The van der Waals surface area contributed by atoms with Crippen LogP contribution in [-0.2, 0) is 9.53 Å². The Morgan fingerprint density at radius 1 is 1.43 bits per heavy atom. The number of ether oxygens (including phenoxy) is 1. The molecule has 0 radical (unpaired) electrons. The highest BCUT2D eigenvalue weighted by atomic mass is 16.5. The third-order valence-corrected chi connectivity index (χ3v) is 2.80. The molecule has 0 saturated heterocycles. The van der Waals surface area contributed by atoms with E-state index < -0.39 is 0 Å². The standard InChI is InChI=1S/C11H21NO2/c1-14-7-6-12-9-11(13)8-10-4-2-3-5-10/h10,12H,2-9H2,1H3. The highest BCUT2D eigenvalue weighted by Gasteiger charge is 2.17. The third-order valence-electron chi connectivity index (χ3n) is 2.80. The van der Waals surface area contributed by atoms with Gasteiger partial charge in [-0.05, 0) is 5.92 Å². The quantitative estimate of drug-likeness (QED) is 0.629. The highest BCUT2D eigenvalue weighted by molar-refractivity contribution is 5.80. The second-order valence-corrected chi connectivity index (χ2v) is 4.06. The number of methoxy groups -OCH3 is 1. The van der Waals surface area contributed by atoms with E-state index in [0.717, 1.165) is 13.0 Å². The van der Waals surface area contributed by atoms with E-state index >= 15 is 0 Å². The zero-order valence-electron chi connectivity index (χ0n) is 9.05. The third kappa shape index (κ3) is 4.72. The second-order valence-electron chi connectivity index (χ2n) is 4.06. The maximum Gasteiger partial charge on any atom is 0.146 e. The lowest BCUT2D eigenvalue weighted by atomic mass is 10.0. The number of hydrogen-bond acceptors (Lipinski definition) is 3. The SMILES string of the molecule is COCCNCC(=O)CC1CCCC1. The zero-order chi connectivity index (χ0) is 10.2. The molecule has 0 aromatic heterocycles. The number of rotatable bonds is 7. The van der Waals surface area contributed by atoms with Crippen LogP contribution in [0, 0.1) is 5.92 Å². The molecule has 0 heterocycles. The molecule has 0 unspecified atom stereocenters. The molecule has 0 bridgehead atoms. The first-order valence-corrected chi connectivity index (χ1v) is 5.54. The fraction of sp³-hybridized carbons (Fsp3) is 0.909. The molecule has 0 aliphatic heterocycles. The molecule has 0 atom stereocenters. The van der Waals surface area contributed by atoms with Crippen LogP contribution in [0.1, 0.15) is 32.1 Å². The number of nitrogens with one attached hydrogen (secondary N) is 1. The van der Waals surface area contributed by atoms with Gasteiger partial charge >= 0.3 is 0 Å². The molecule has 3 heteroatoms. The molecule has 1 rings (SSSR count). The molecule has 14 heavy (non-hydrogen) atoms. The summed E-state index contributed by atoms with van der Waals surface area (Å²) in [6.07, 6.45) is 5.91. The van der Waals surface area contributed by atoms with E-state index in [1.807, 2.05) is 0 Å². The molecule has 1 saturated carbocycles. The predicted octanol–water partition coefficient (Wildman–Crippen LogP) is 1.37. The Balaban J connectivity index is 1.98. The average molecular weight is 199 g/mol. The average Bonchev–Trinajstić information content (AvgIpc) is 2.65. The fourth-order valence-corrected chi connectivity index (χ4v) is 2.01. The summed E-state index contributed by atoms with van der Waals surface area (Å²) in [4.78, 5) is 11.5. The van der Waals surface area contributed by atoms with Crippen molar-refractivity contribution in [3.05, 3.63) is 0 Å². The zero-order valence-corrected chi connectivity index (χ0v) is 9.05. The Bertz CT molecular complexity index is 165. The Labute approximate surface area is 86.2 Å². The Hall–Kier alpha value is -0.410. The molecule has 3 nitrogen and oxygen atoms in total. The normalized spacial score (nSPS) is 17.5. The van der Waals surface area contributed by atoms with E-state index in [0.29, 0.717) is 24.9 Å². The van der Waals surface area contributed by atoms with Gasteiger partial charge in [0.1, 0.15) is 5.78 Å². The van der Waals surface area contributed by atoms with Crippen LogP contribution < -0.4 is 5.32 Å². The summed E-state index contributed by atoms with van der Waals surface area (Å²) in [6.45, 7) is 1.96. The van der Waals surface area contributed by atoms with E-state index in [1.54, 1.807) is 7.11 Å². The van der Waals surface area contributed by atoms with Crippen LogP contribution in [-0.4, -0.2) is 32.6 Å². The topological polar surface area (TPSA) is 38.3 Å². The lowest BCUT2D eigenvalue weighted by Crippen LogP contribution is -2.27. The van der Waals surface area contributed by atoms with Crippen molar-refractivity contribution in [3.63, 3.8) is 0 Å². The molecular formula is C11H21NO2. The summed E-state index contributed by atoms with van der Waals surface area (Å²) in [5.41, 5.74) is 0. The lowest BCUT2D eigenvalue weighted by Gasteiger charge is -2.08. The largest absolute Gasteiger partial charge is 0.383 e. The van der Waals surface area contributed by atoms with Gasteiger partial charge in [0.2, 0.25) is 0 Å². The van der Waals surface area contributed by atoms with E-state index in [1.165, 1.54) is 25.7 Å². The molecule has 0 aromatic carbocycles.